The van der Waals surface area contributed by atoms with Gasteiger partial charge in [-0.3, -0.25) is 4.79 Å². The normalized spacial score (nSPS) is 11.4. The SMILES string of the molecule is CCOc1ccccc1N=c1oc2c(OC)cccc2cc1C(=O)Nc1cccc(C)n1. The molecule has 7 nitrogen and oxygen atoms in total. The molecule has 1 amide bonds. The number of para-hydroxylation sites is 3. The summed E-state index contributed by atoms with van der Waals surface area (Å²) in [4.78, 5) is 22.2. The predicted molar refractivity (Wildman–Crippen MR) is 123 cm³/mol. The first kappa shape index (κ1) is 21.1. The van der Waals surface area contributed by atoms with Gasteiger partial charge in [0.25, 0.3) is 5.91 Å². The molecule has 0 fully saturated rings. The van der Waals surface area contributed by atoms with Gasteiger partial charge in [-0.05, 0) is 50.2 Å². The number of aryl methyl sites for hydroxylation is 1. The Morgan fingerprint density at radius 2 is 1.84 bits per heavy atom. The molecule has 0 saturated carbocycles. The minimum Gasteiger partial charge on any atom is -0.493 e. The average molecular weight is 429 g/mol. The number of fused-ring (bicyclic) bond motifs is 1. The Balaban J connectivity index is 1.90. The Kier molecular flexibility index (Phi) is 6.17. The van der Waals surface area contributed by atoms with Crippen molar-refractivity contribution >= 4 is 28.4 Å². The first-order chi connectivity index (χ1) is 15.6. The maximum Gasteiger partial charge on any atom is 0.262 e. The number of anilines is 1. The molecule has 0 aliphatic heterocycles. The van der Waals surface area contributed by atoms with Crippen molar-refractivity contribution < 1.29 is 18.7 Å². The van der Waals surface area contributed by atoms with Crippen LogP contribution in [-0.2, 0) is 0 Å². The molecule has 4 rings (SSSR count). The minimum absolute atomic E-state index is 0.138. The van der Waals surface area contributed by atoms with E-state index in [2.05, 4.69) is 15.3 Å². The van der Waals surface area contributed by atoms with E-state index in [4.69, 9.17) is 13.9 Å². The fourth-order valence-corrected chi connectivity index (χ4v) is 3.26. The highest BCUT2D eigenvalue weighted by Crippen LogP contribution is 2.28. The van der Waals surface area contributed by atoms with Crippen LogP contribution in [0.2, 0.25) is 0 Å². The third kappa shape index (κ3) is 4.46. The Labute approximate surface area is 185 Å². The first-order valence-corrected chi connectivity index (χ1v) is 10.2. The fraction of sp³-hybridized carbons (Fsp3) is 0.160. The standard InChI is InChI=1S/C25H23N3O4/c1-4-31-20-12-6-5-11-19(20)27-25-18(24(29)28-22-14-7-9-16(2)26-22)15-17-10-8-13-21(30-3)23(17)32-25/h5-15H,4H2,1-3H3,(H,26,28,29). The third-order valence-corrected chi connectivity index (χ3v) is 4.72. The van der Waals surface area contributed by atoms with E-state index in [1.165, 1.54) is 0 Å². The molecule has 2 aromatic heterocycles. The van der Waals surface area contributed by atoms with Gasteiger partial charge in [0, 0.05) is 11.1 Å². The Hall–Kier alpha value is -4.13. The molecule has 162 valence electrons. The Bertz CT molecular complexity index is 1340. The minimum atomic E-state index is -0.385. The fourth-order valence-electron chi connectivity index (χ4n) is 3.26. The molecule has 0 aliphatic rings. The van der Waals surface area contributed by atoms with Crippen LogP contribution in [0.5, 0.6) is 11.5 Å². The van der Waals surface area contributed by atoms with Gasteiger partial charge in [-0.2, -0.15) is 0 Å². The first-order valence-electron chi connectivity index (χ1n) is 10.2. The second-order valence-corrected chi connectivity index (χ2v) is 6.97. The van der Waals surface area contributed by atoms with Gasteiger partial charge >= 0.3 is 0 Å². The summed E-state index contributed by atoms with van der Waals surface area (Å²) in [5, 5.41) is 3.54. The van der Waals surface area contributed by atoms with E-state index in [1.807, 2.05) is 56.3 Å². The molecular weight excluding hydrogens is 406 g/mol. The lowest BCUT2D eigenvalue weighted by Gasteiger charge is -2.10. The van der Waals surface area contributed by atoms with E-state index in [0.717, 1.165) is 5.69 Å². The molecule has 2 heterocycles. The van der Waals surface area contributed by atoms with Crippen molar-refractivity contribution in [3.8, 4) is 11.5 Å². The largest absolute Gasteiger partial charge is 0.493 e. The lowest BCUT2D eigenvalue weighted by Crippen LogP contribution is -2.22. The number of pyridine rings is 1. The monoisotopic (exact) mass is 429 g/mol. The van der Waals surface area contributed by atoms with Crippen LogP contribution in [0.3, 0.4) is 0 Å². The lowest BCUT2D eigenvalue weighted by molar-refractivity contribution is 0.102. The summed E-state index contributed by atoms with van der Waals surface area (Å²) >= 11 is 0. The average Bonchev–Trinajstić information content (AvgIpc) is 2.79. The Morgan fingerprint density at radius 3 is 2.62 bits per heavy atom. The number of hydrogen-bond acceptors (Lipinski definition) is 6. The maximum atomic E-state index is 13.2. The van der Waals surface area contributed by atoms with Crippen LogP contribution >= 0.6 is 0 Å². The number of hydrogen-bond donors (Lipinski definition) is 1. The van der Waals surface area contributed by atoms with Crippen LogP contribution in [0.25, 0.3) is 11.0 Å². The summed E-state index contributed by atoms with van der Waals surface area (Å²) in [5.41, 5.74) is 2.24. The van der Waals surface area contributed by atoms with E-state index in [-0.39, 0.29) is 17.0 Å². The molecular formula is C25H23N3O4. The van der Waals surface area contributed by atoms with E-state index in [9.17, 15) is 4.79 Å². The lowest BCUT2D eigenvalue weighted by atomic mass is 10.1. The van der Waals surface area contributed by atoms with Crippen LogP contribution in [0, 0.1) is 6.92 Å². The van der Waals surface area contributed by atoms with Gasteiger partial charge < -0.3 is 19.2 Å². The van der Waals surface area contributed by atoms with Gasteiger partial charge in [0.2, 0.25) is 5.55 Å². The summed E-state index contributed by atoms with van der Waals surface area (Å²) < 4.78 is 17.2. The van der Waals surface area contributed by atoms with Gasteiger partial charge in [-0.1, -0.05) is 30.3 Å². The molecule has 4 aromatic rings. The van der Waals surface area contributed by atoms with Crippen molar-refractivity contribution in [2.24, 2.45) is 4.99 Å². The summed E-state index contributed by atoms with van der Waals surface area (Å²) in [6.45, 7) is 4.25. The highest BCUT2D eigenvalue weighted by Gasteiger charge is 2.16. The number of rotatable bonds is 6. The molecule has 0 radical (unpaired) electrons. The van der Waals surface area contributed by atoms with Crippen molar-refractivity contribution in [2.75, 3.05) is 19.0 Å². The number of aromatic nitrogens is 1. The predicted octanol–water partition coefficient (Wildman–Crippen LogP) is 5.03. The number of benzene rings is 2. The summed E-state index contributed by atoms with van der Waals surface area (Å²) in [7, 11) is 1.57. The van der Waals surface area contributed by atoms with Gasteiger partial charge in [0.15, 0.2) is 11.3 Å². The van der Waals surface area contributed by atoms with Crippen molar-refractivity contribution in [1.82, 2.24) is 4.98 Å². The van der Waals surface area contributed by atoms with Crippen LogP contribution in [0.15, 0.2) is 76.1 Å². The van der Waals surface area contributed by atoms with Crippen molar-refractivity contribution in [3.05, 3.63) is 83.5 Å². The molecule has 0 unspecified atom stereocenters. The van der Waals surface area contributed by atoms with Crippen LogP contribution in [-0.4, -0.2) is 24.6 Å². The third-order valence-electron chi connectivity index (χ3n) is 4.72. The van der Waals surface area contributed by atoms with Crippen molar-refractivity contribution in [3.63, 3.8) is 0 Å². The van der Waals surface area contributed by atoms with E-state index >= 15 is 0 Å². The zero-order valence-electron chi connectivity index (χ0n) is 18.1. The molecule has 7 heteroatoms. The summed E-state index contributed by atoms with van der Waals surface area (Å²) in [6, 6.07) is 20.0. The smallest absolute Gasteiger partial charge is 0.262 e. The quantitative estimate of drug-likeness (QED) is 0.465. The number of nitrogens with one attached hydrogen (secondary N) is 1. The van der Waals surface area contributed by atoms with Gasteiger partial charge in [0.05, 0.1) is 13.7 Å². The number of amides is 1. The number of carbonyl (C=O) groups is 1. The van der Waals surface area contributed by atoms with Gasteiger partial charge in [0.1, 0.15) is 22.8 Å². The van der Waals surface area contributed by atoms with Gasteiger partial charge in [-0.15, -0.1) is 0 Å². The Morgan fingerprint density at radius 1 is 1.06 bits per heavy atom. The zero-order valence-corrected chi connectivity index (χ0v) is 18.1. The molecule has 0 bridgehead atoms. The van der Waals surface area contributed by atoms with E-state index in [0.29, 0.717) is 40.6 Å². The van der Waals surface area contributed by atoms with Crippen LogP contribution < -0.4 is 20.3 Å². The zero-order chi connectivity index (χ0) is 22.5. The number of carbonyl (C=O) groups excluding carboxylic acids is 1. The molecule has 2 aromatic carbocycles. The molecule has 0 spiro atoms. The highest BCUT2D eigenvalue weighted by atomic mass is 16.5. The summed E-state index contributed by atoms with van der Waals surface area (Å²) in [6.07, 6.45) is 0. The second-order valence-electron chi connectivity index (χ2n) is 6.97. The molecule has 0 saturated heterocycles. The van der Waals surface area contributed by atoms with E-state index in [1.54, 1.807) is 31.4 Å². The second kappa shape index (κ2) is 9.34. The van der Waals surface area contributed by atoms with Crippen LogP contribution in [0.1, 0.15) is 23.0 Å². The van der Waals surface area contributed by atoms with Crippen LogP contribution in [0.4, 0.5) is 11.5 Å². The molecule has 32 heavy (non-hydrogen) atoms. The van der Waals surface area contributed by atoms with Crippen molar-refractivity contribution in [2.45, 2.75) is 13.8 Å². The highest BCUT2D eigenvalue weighted by molar-refractivity contribution is 6.05. The molecule has 0 aliphatic carbocycles. The van der Waals surface area contributed by atoms with Crippen molar-refractivity contribution in [1.29, 1.82) is 0 Å². The maximum absolute atomic E-state index is 13.2. The number of methoxy groups -OCH3 is 1. The van der Waals surface area contributed by atoms with Gasteiger partial charge in [-0.25, -0.2) is 9.98 Å². The molecule has 1 N–H and O–H groups in total. The summed E-state index contributed by atoms with van der Waals surface area (Å²) in [5.74, 6) is 1.20. The number of nitrogens with zero attached hydrogens (tertiary/aromatic N) is 2. The number of ether oxygens (including phenoxy) is 2. The molecule has 0 atom stereocenters. The topological polar surface area (TPSA) is 86.0 Å². The van der Waals surface area contributed by atoms with E-state index < -0.39 is 0 Å².